The van der Waals surface area contributed by atoms with E-state index in [2.05, 4.69) is 42.7 Å². The minimum absolute atomic E-state index is 0.402. The lowest BCUT2D eigenvalue weighted by Crippen LogP contribution is -2.32. The van der Waals surface area contributed by atoms with Crippen LogP contribution < -0.4 is 10.6 Å². The van der Waals surface area contributed by atoms with Crippen molar-refractivity contribution >= 4 is 11.8 Å². The molecule has 0 saturated heterocycles. The predicted molar refractivity (Wildman–Crippen MR) is 103 cm³/mol. The molecular formula is C21H28N2O2. The van der Waals surface area contributed by atoms with Gasteiger partial charge in [-0.25, -0.2) is 4.79 Å². The molecule has 0 aromatic heterocycles. The standard InChI is InChI=1S/C21H28N2O2/c1-15-8-6-10-18(16(15)2)14-22-19-11-7-9-17(12-19)13-23-20(24)25-21(3,4)5/h6-12,22H,13-14H2,1-5H3,(H,23,24). The molecule has 0 saturated carbocycles. The van der Waals surface area contributed by atoms with Crippen LogP contribution in [0.3, 0.4) is 0 Å². The van der Waals surface area contributed by atoms with Gasteiger partial charge in [-0.1, -0.05) is 30.3 Å². The van der Waals surface area contributed by atoms with Crippen molar-refractivity contribution in [3.8, 4) is 0 Å². The number of alkyl carbamates (subject to hydrolysis) is 1. The number of hydrogen-bond acceptors (Lipinski definition) is 3. The third kappa shape index (κ3) is 6.14. The van der Waals surface area contributed by atoms with E-state index in [9.17, 15) is 4.79 Å². The molecule has 0 atom stereocenters. The van der Waals surface area contributed by atoms with Crippen molar-refractivity contribution in [3.63, 3.8) is 0 Å². The third-order valence-electron chi connectivity index (χ3n) is 3.96. The molecule has 4 heteroatoms. The summed E-state index contributed by atoms with van der Waals surface area (Å²) in [6, 6.07) is 14.4. The second-order valence-electron chi connectivity index (χ2n) is 7.27. The van der Waals surface area contributed by atoms with Crippen molar-refractivity contribution in [2.45, 2.75) is 53.3 Å². The monoisotopic (exact) mass is 340 g/mol. The quantitative estimate of drug-likeness (QED) is 0.810. The van der Waals surface area contributed by atoms with Gasteiger partial charge in [-0.15, -0.1) is 0 Å². The molecule has 2 aromatic rings. The number of hydrogen-bond donors (Lipinski definition) is 2. The molecule has 0 aliphatic rings. The maximum absolute atomic E-state index is 11.7. The van der Waals surface area contributed by atoms with E-state index in [1.165, 1.54) is 16.7 Å². The third-order valence-corrected chi connectivity index (χ3v) is 3.96. The fourth-order valence-electron chi connectivity index (χ4n) is 2.48. The maximum atomic E-state index is 11.7. The van der Waals surface area contributed by atoms with Crippen LogP contribution in [0.4, 0.5) is 10.5 Å². The lowest BCUT2D eigenvalue weighted by molar-refractivity contribution is 0.0523. The average Bonchev–Trinajstić information content (AvgIpc) is 2.53. The molecule has 2 rings (SSSR count). The highest BCUT2D eigenvalue weighted by atomic mass is 16.6. The van der Waals surface area contributed by atoms with Crippen LogP contribution >= 0.6 is 0 Å². The van der Waals surface area contributed by atoms with Crippen LogP contribution in [0.15, 0.2) is 42.5 Å². The van der Waals surface area contributed by atoms with E-state index in [0.29, 0.717) is 6.54 Å². The Hall–Kier alpha value is -2.49. The van der Waals surface area contributed by atoms with Gasteiger partial charge < -0.3 is 15.4 Å². The summed E-state index contributed by atoms with van der Waals surface area (Å²) in [5, 5.41) is 6.24. The summed E-state index contributed by atoms with van der Waals surface area (Å²) in [5.74, 6) is 0. The van der Waals surface area contributed by atoms with E-state index in [0.717, 1.165) is 17.8 Å². The minimum atomic E-state index is -0.487. The summed E-state index contributed by atoms with van der Waals surface area (Å²) in [4.78, 5) is 11.7. The van der Waals surface area contributed by atoms with E-state index < -0.39 is 11.7 Å². The zero-order chi connectivity index (χ0) is 18.4. The second-order valence-corrected chi connectivity index (χ2v) is 7.27. The van der Waals surface area contributed by atoms with Gasteiger partial charge >= 0.3 is 6.09 Å². The average molecular weight is 340 g/mol. The molecule has 0 fully saturated rings. The lowest BCUT2D eigenvalue weighted by Gasteiger charge is -2.19. The highest BCUT2D eigenvalue weighted by Gasteiger charge is 2.15. The van der Waals surface area contributed by atoms with E-state index in [-0.39, 0.29) is 0 Å². The summed E-state index contributed by atoms with van der Waals surface area (Å²) in [6.45, 7) is 11.0. The molecule has 0 aliphatic carbocycles. The van der Waals surface area contributed by atoms with Gasteiger partial charge in [0.2, 0.25) is 0 Å². The molecule has 134 valence electrons. The van der Waals surface area contributed by atoms with Crippen molar-refractivity contribution in [2.75, 3.05) is 5.32 Å². The summed E-state index contributed by atoms with van der Waals surface area (Å²) in [7, 11) is 0. The first-order chi connectivity index (χ1) is 11.7. The van der Waals surface area contributed by atoms with Crippen molar-refractivity contribution in [3.05, 3.63) is 64.7 Å². The number of rotatable bonds is 5. The maximum Gasteiger partial charge on any atom is 0.407 e. The van der Waals surface area contributed by atoms with Gasteiger partial charge in [0.05, 0.1) is 0 Å². The van der Waals surface area contributed by atoms with Gasteiger partial charge in [0.25, 0.3) is 0 Å². The molecule has 0 heterocycles. The topological polar surface area (TPSA) is 50.4 Å². The molecule has 25 heavy (non-hydrogen) atoms. The van der Waals surface area contributed by atoms with Crippen LogP contribution in [0.1, 0.15) is 43.0 Å². The molecule has 0 bridgehead atoms. The summed E-state index contributed by atoms with van der Waals surface area (Å²) in [5.41, 5.74) is 5.48. The zero-order valence-corrected chi connectivity index (χ0v) is 15.8. The minimum Gasteiger partial charge on any atom is -0.444 e. The SMILES string of the molecule is Cc1cccc(CNc2cccc(CNC(=O)OC(C)(C)C)c2)c1C. The summed E-state index contributed by atoms with van der Waals surface area (Å²) < 4.78 is 5.25. The van der Waals surface area contributed by atoms with Crippen LogP contribution in [0.25, 0.3) is 0 Å². The number of amides is 1. The van der Waals surface area contributed by atoms with Crippen LogP contribution in [0, 0.1) is 13.8 Å². The number of anilines is 1. The second kappa shape index (κ2) is 8.06. The largest absolute Gasteiger partial charge is 0.444 e. The summed E-state index contributed by atoms with van der Waals surface area (Å²) >= 11 is 0. The van der Waals surface area contributed by atoms with E-state index in [1.807, 2.05) is 45.0 Å². The van der Waals surface area contributed by atoms with Crippen molar-refractivity contribution in [1.82, 2.24) is 5.32 Å². The molecule has 1 amide bonds. The molecule has 4 nitrogen and oxygen atoms in total. The van der Waals surface area contributed by atoms with Crippen molar-refractivity contribution < 1.29 is 9.53 Å². The van der Waals surface area contributed by atoms with Gasteiger partial charge in [0.15, 0.2) is 0 Å². The Kier molecular flexibility index (Phi) is 6.07. The fourth-order valence-corrected chi connectivity index (χ4v) is 2.48. The van der Waals surface area contributed by atoms with Crippen LogP contribution in [-0.4, -0.2) is 11.7 Å². The van der Waals surface area contributed by atoms with Crippen LogP contribution in [-0.2, 0) is 17.8 Å². The van der Waals surface area contributed by atoms with Gasteiger partial charge in [-0.3, -0.25) is 0 Å². The molecule has 0 radical (unpaired) electrons. The Morgan fingerprint density at radius 1 is 1.04 bits per heavy atom. The molecule has 0 unspecified atom stereocenters. The summed E-state index contributed by atoms with van der Waals surface area (Å²) in [6.07, 6.45) is -0.402. The first kappa shape index (κ1) is 18.8. The van der Waals surface area contributed by atoms with Gasteiger partial charge in [0.1, 0.15) is 5.60 Å². The Bertz CT molecular complexity index is 733. The van der Waals surface area contributed by atoms with E-state index in [1.54, 1.807) is 0 Å². The molecule has 2 N–H and O–H groups in total. The van der Waals surface area contributed by atoms with Gasteiger partial charge in [0, 0.05) is 18.8 Å². The first-order valence-electron chi connectivity index (χ1n) is 8.59. The van der Waals surface area contributed by atoms with Crippen molar-refractivity contribution in [2.24, 2.45) is 0 Å². The molecule has 0 spiro atoms. The van der Waals surface area contributed by atoms with Crippen molar-refractivity contribution in [1.29, 1.82) is 0 Å². The Morgan fingerprint density at radius 3 is 2.48 bits per heavy atom. The van der Waals surface area contributed by atoms with Crippen LogP contribution in [0.5, 0.6) is 0 Å². The fraction of sp³-hybridized carbons (Fsp3) is 0.381. The van der Waals surface area contributed by atoms with Crippen LogP contribution in [0.2, 0.25) is 0 Å². The number of carbonyl (C=O) groups excluding carboxylic acids is 1. The highest BCUT2D eigenvalue weighted by molar-refractivity contribution is 5.67. The van der Waals surface area contributed by atoms with E-state index >= 15 is 0 Å². The number of nitrogens with one attached hydrogen (secondary N) is 2. The normalized spacial score (nSPS) is 11.1. The first-order valence-corrected chi connectivity index (χ1v) is 8.59. The smallest absolute Gasteiger partial charge is 0.407 e. The van der Waals surface area contributed by atoms with Gasteiger partial charge in [-0.05, 0) is 69.0 Å². The Balaban J connectivity index is 1.92. The van der Waals surface area contributed by atoms with E-state index in [4.69, 9.17) is 4.74 Å². The number of carbonyl (C=O) groups is 1. The number of benzene rings is 2. The Labute approximate surface area is 150 Å². The number of aryl methyl sites for hydroxylation is 1. The lowest BCUT2D eigenvalue weighted by atomic mass is 10.0. The van der Waals surface area contributed by atoms with Gasteiger partial charge in [-0.2, -0.15) is 0 Å². The Morgan fingerprint density at radius 2 is 1.76 bits per heavy atom. The highest BCUT2D eigenvalue weighted by Crippen LogP contribution is 2.16. The predicted octanol–water partition coefficient (Wildman–Crippen LogP) is 4.94. The zero-order valence-electron chi connectivity index (χ0n) is 15.8. The molecule has 2 aromatic carbocycles. The molecule has 0 aliphatic heterocycles. The number of ether oxygens (including phenoxy) is 1. The molecular weight excluding hydrogens is 312 g/mol.